The average molecular weight is 421 g/mol. The van der Waals surface area contributed by atoms with Crippen LogP contribution in [0.5, 0.6) is 11.5 Å². The summed E-state index contributed by atoms with van der Waals surface area (Å²) in [7, 11) is 1.03. The van der Waals surface area contributed by atoms with Crippen LogP contribution in [0.15, 0.2) is 57.7 Å². The molecule has 3 rings (SSSR count). The van der Waals surface area contributed by atoms with E-state index in [1.165, 1.54) is 32.0 Å². The lowest BCUT2D eigenvalue weighted by molar-refractivity contribution is 0.353. The highest BCUT2D eigenvalue weighted by Crippen LogP contribution is 2.33. The molecule has 0 bridgehead atoms. The van der Waals surface area contributed by atoms with Crippen LogP contribution in [0.25, 0.3) is 0 Å². The van der Waals surface area contributed by atoms with Gasteiger partial charge in [0.25, 0.3) is 10.0 Å². The molecule has 0 unspecified atom stereocenters. The fourth-order valence-electron chi connectivity index (χ4n) is 2.52. The molecule has 1 heterocycles. The number of hydrogen-bond acceptors (Lipinski definition) is 7. The van der Waals surface area contributed by atoms with Crippen molar-refractivity contribution in [2.24, 2.45) is 7.05 Å². The maximum absolute atomic E-state index is 12.8. The van der Waals surface area contributed by atoms with Crippen molar-refractivity contribution in [2.45, 2.75) is 21.9 Å². The van der Waals surface area contributed by atoms with Gasteiger partial charge in [-0.2, -0.15) is 0 Å². The van der Waals surface area contributed by atoms with Crippen LogP contribution in [0.4, 0.5) is 5.69 Å². The van der Waals surface area contributed by atoms with Crippen molar-refractivity contribution in [2.75, 3.05) is 18.9 Å². The fraction of sp³-hybridized carbons (Fsp3) is 0.222. The molecule has 1 N–H and O–H groups in total. The zero-order valence-corrected chi connectivity index (χ0v) is 17.5. The Labute approximate surface area is 167 Å². The molecule has 0 radical (unpaired) electrons. The van der Waals surface area contributed by atoms with Crippen LogP contribution in [-0.2, 0) is 17.1 Å². The van der Waals surface area contributed by atoms with Crippen molar-refractivity contribution in [3.05, 3.63) is 48.3 Å². The molecule has 0 aliphatic rings. The smallest absolute Gasteiger partial charge is 0.262 e. The molecule has 3 aromatic rings. The molecule has 0 atom stereocenters. The standard InChI is InChI=1S/C18H20N4O4S2/c1-12-9-15(25-3)16(26-4)10-17(12)28(23,24)21-13-5-7-14(8-6-13)27-18-20-19-11-22(18)2/h5-11,21H,1-4H3. The lowest BCUT2D eigenvalue weighted by Gasteiger charge is -2.14. The highest BCUT2D eigenvalue weighted by molar-refractivity contribution is 7.99. The summed E-state index contributed by atoms with van der Waals surface area (Å²) in [5.41, 5.74) is 1.01. The Morgan fingerprint density at radius 3 is 2.29 bits per heavy atom. The highest BCUT2D eigenvalue weighted by Gasteiger charge is 2.20. The van der Waals surface area contributed by atoms with E-state index in [1.807, 2.05) is 19.2 Å². The molecule has 0 aliphatic heterocycles. The Balaban J connectivity index is 1.82. The predicted molar refractivity (Wildman–Crippen MR) is 107 cm³/mol. The number of rotatable bonds is 7. The molecule has 28 heavy (non-hydrogen) atoms. The predicted octanol–water partition coefficient (Wildman–Crippen LogP) is 3.09. The van der Waals surface area contributed by atoms with Crippen LogP contribution >= 0.6 is 11.8 Å². The number of sulfonamides is 1. The maximum Gasteiger partial charge on any atom is 0.262 e. The first kappa shape index (κ1) is 20.0. The molecular weight excluding hydrogens is 400 g/mol. The van der Waals surface area contributed by atoms with E-state index in [9.17, 15) is 8.42 Å². The first-order chi connectivity index (χ1) is 13.3. The van der Waals surface area contributed by atoms with E-state index >= 15 is 0 Å². The Kier molecular flexibility index (Phi) is 5.80. The van der Waals surface area contributed by atoms with Crippen LogP contribution in [0.2, 0.25) is 0 Å². The van der Waals surface area contributed by atoms with Gasteiger partial charge >= 0.3 is 0 Å². The van der Waals surface area contributed by atoms with Crippen molar-refractivity contribution < 1.29 is 17.9 Å². The van der Waals surface area contributed by atoms with E-state index in [2.05, 4.69) is 14.9 Å². The number of nitrogens with one attached hydrogen (secondary N) is 1. The third-order valence-electron chi connectivity index (χ3n) is 3.96. The van der Waals surface area contributed by atoms with Crippen LogP contribution in [0.3, 0.4) is 0 Å². The summed E-state index contributed by atoms with van der Waals surface area (Å²) >= 11 is 1.44. The van der Waals surface area contributed by atoms with Crippen LogP contribution in [0.1, 0.15) is 5.56 Å². The molecule has 0 saturated carbocycles. The lowest BCUT2D eigenvalue weighted by atomic mass is 10.2. The first-order valence-corrected chi connectivity index (χ1v) is 10.5. The van der Waals surface area contributed by atoms with Gasteiger partial charge in [-0.15, -0.1) is 10.2 Å². The monoisotopic (exact) mass is 420 g/mol. The molecule has 0 fully saturated rings. The van der Waals surface area contributed by atoms with Crippen molar-refractivity contribution in [1.82, 2.24) is 14.8 Å². The fourth-order valence-corrected chi connectivity index (χ4v) is 4.59. The average Bonchev–Trinajstić information content (AvgIpc) is 3.07. The number of methoxy groups -OCH3 is 2. The lowest BCUT2D eigenvalue weighted by Crippen LogP contribution is -2.14. The summed E-state index contributed by atoms with van der Waals surface area (Å²) in [6.07, 6.45) is 1.62. The molecular formula is C18H20N4O4S2. The van der Waals surface area contributed by atoms with E-state index in [4.69, 9.17) is 9.47 Å². The van der Waals surface area contributed by atoms with Crippen molar-refractivity contribution in [1.29, 1.82) is 0 Å². The van der Waals surface area contributed by atoms with Crippen molar-refractivity contribution in [3.63, 3.8) is 0 Å². The molecule has 8 nitrogen and oxygen atoms in total. The van der Waals surface area contributed by atoms with Gasteiger partial charge in [0.2, 0.25) is 0 Å². The summed E-state index contributed by atoms with van der Waals surface area (Å²) in [6, 6.07) is 10.1. The summed E-state index contributed by atoms with van der Waals surface area (Å²) in [4.78, 5) is 1.05. The van der Waals surface area contributed by atoms with E-state index in [-0.39, 0.29) is 4.90 Å². The van der Waals surface area contributed by atoms with Gasteiger partial charge in [0.1, 0.15) is 6.33 Å². The number of anilines is 1. The summed E-state index contributed by atoms with van der Waals surface area (Å²) < 4.78 is 40.5. The van der Waals surface area contributed by atoms with Gasteiger partial charge in [0.15, 0.2) is 16.7 Å². The molecule has 148 valence electrons. The van der Waals surface area contributed by atoms with Crippen LogP contribution in [-0.4, -0.2) is 37.4 Å². The Morgan fingerprint density at radius 2 is 1.71 bits per heavy atom. The van der Waals surface area contributed by atoms with Crippen molar-refractivity contribution in [3.8, 4) is 11.5 Å². The topological polar surface area (TPSA) is 95.3 Å². The SMILES string of the molecule is COc1cc(C)c(S(=O)(=O)Nc2ccc(Sc3nncn3C)cc2)cc1OC. The number of aryl methyl sites for hydroxylation is 2. The molecule has 10 heteroatoms. The number of benzene rings is 2. The molecule has 1 aromatic heterocycles. The summed E-state index contributed by atoms with van der Waals surface area (Å²) in [5.74, 6) is 0.827. The molecule has 0 saturated heterocycles. The van der Waals surface area contributed by atoms with Gasteiger partial charge in [-0.3, -0.25) is 4.72 Å². The van der Waals surface area contributed by atoms with Gasteiger partial charge < -0.3 is 14.0 Å². The van der Waals surface area contributed by atoms with Gasteiger partial charge in [-0.05, 0) is 54.6 Å². The Bertz CT molecular complexity index is 1080. The minimum atomic E-state index is -3.79. The highest BCUT2D eigenvalue weighted by atomic mass is 32.2. The van der Waals surface area contributed by atoms with Crippen molar-refractivity contribution >= 4 is 27.5 Å². The second-order valence-electron chi connectivity index (χ2n) is 5.93. The number of nitrogens with zero attached hydrogens (tertiary/aromatic N) is 3. The molecule has 2 aromatic carbocycles. The minimum Gasteiger partial charge on any atom is -0.493 e. The maximum atomic E-state index is 12.8. The number of ether oxygens (including phenoxy) is 2. The quantitative estimate of drug-likeness (QED) is 0.627. The van der Waals surface area contributed by atoms with E-state index < -0.39 is 10.0 Å². The number of aromatic nitrogens is 3. The minimum absolute atomic E-state index is 0.127. The molecule has 0 amide bonds. The summed E-state index contributed by atoms with van der Waals surface area (Å²) in [6.45, 7) is 1.71. The van der Waals surface area contributed by atoms with Crippen LogP contribution < -0.4 is 14.2 Å². The Hall–Kier alpha value is -2.72. The normalized spacial score (nSPS) is 11.3. The van der Waals surface area contributed by atoms with Gasteiger partial charge in [-0.25, -0.2) is 8.42 Å². The Morgan fingerprint density at radius 1 is 1.07 bits per heavy atom. The molecule has 0 spiro atoms. The van der Waals surface area contributed by atoms with E-state index in [1.54, 1.807) is 36.0 Å². The third kappa shape index (κ3) is 4.23. The first-order valence-electron chi connectivity index (χ1n) is 8.21. The zero-order chi connectivity index (χ0) is 20.3. The number of hydrogen-bond donors (Lipinski definition) is 1. The summed E-state index contributed by atoms with van der Waals surface area (Å²) in [5, 5.41) is 8.59. The zero-order valence-electron chi connectivity index (χ0n) is 15.8. The van der Waals surface area contributed by atoms with Gasteiger partial charge in [0.05, 0.1) is 19.1 Å². The van der Waals surface area contributed by atoms with E-state index in [0.717, 1.165) is 10.1 Å². The van der Waals surface area contributed by atoms with Gasteiger partial charge in [0, 0.05) is 23.7 Å². The second-order valence-corrected chi connectivity index (χ2v) is 8.62. The van der Waals surface area contributed by atoms with Crippen LogP contribution in [0, 0.1) is 6.92 Å². The second kappa shape index (κ2) is 8.11. The molecule has 0 aliphatic carbocycles. The van der Waals surface area contributed by atoms with E-state index in [0.29, 0.717) is 22.7 Å². The van der Waals surface area contributed by atoms with Gasteiger partial charge in [-0.1, -0.05) is 0 Å². The largest absolute Gasteiger partial charge is 0.493 e. The third-order valence-corrected chi connectivity index (χ3v) is 6.54.